The molecular formula is C12H15NOS. The summed E-state index contributed by atoms with van der Waals surface area (Å²) < 4.78 is 5.08. The summed E-state index contributed by atoms with van der Waals surface area (Å²) in [7, 11) is 2.00. The third kappa shape index (κ3) is 2.30. The van der Waals surface area contributed by atoms with Crippen LogP contribution in [0.15, 0.2) is 33.8 Å². The number of furan rings is 1. The molecule has 2 aromatic rings. The van der Waals surface area contributed by atoms with Gasteiger partial charge in [0.05, 0.1) is 12.5 Å². The van der Waals surface area contributed by atoms with Gasteiger partial charge in [-0.05, 0) is 53.9 Å². The Bertz CT molecular complexity index is 405. The van der Waals surface area contributed by atoms with Gasteiger partial charge in [0.15, 0.2) is 0 Å². The van der Waals surface area contributed by atoms with E-state index < -0.39 is 0 Å². The number of hydrogen-bond acceptors (Lipinski definition) is 3. The van der Waals surface area contributed by atoms with Crippen LogP contribution >= 0.6 is 11.3 Å². The van der Waals surface area contributed by atoms with E-state index in [1.54, 1.807) is 17.6 Å². The summed E-state index contributed by atoms with van der Waals surface area (Å²) in [6, 6.07) is 2.40. The van der Waals surface area contributed by atoms with Gasteiger partial charge in [-0.3, -0.25) is 0 Å². The fraction of sp³-hybridized carbons (Fsp3) is 0.333. The van der Waals surface area contributed by atoms with Crippen molar-refractivity contribution in [3.63, 3.8) is 0 Å². The monoisotopic (exact) mass is 221 g/mol. The van der Waals surface area contributed by atoms with E-state index in [0.717, 1.165) is 6.42 Å². The van der Waals surface area contributed by atoms with E-state index in [4.69, 9.17) is 4.42 Å². The summed E-state index contributed by atoms with van der Waals surface area (Å²) in [4.78, 5) is 0. The van der Waals surface area contributed by atoms with Gasteiger partial charge < -0.3 is 9.73 Å². The third-order valence-corrected chi connectivity index (χ3v) is 3.52. The minimum atomic E-state index is 0.383. The topological polar surface area (TPSA) is 25.2 Å². The Morgan fingerprint density at radius 1 is 1.47 bits per heavy atom. The highest BCUT2D eigenvalue weighted by atomic mass is 32.1. The largest absolute Gasteiger partial charge is 0.472 e. The molecule has 2 heterocycles. The molecule has 2 aromatic heterocycles. The molecule has 0 amide bonds. The zero-order valence-corrected chi connectivity index (χ0v) is 9.80. The van der Waals surface area contributed by atoms with Gasteiger partial charge in [0.1, 0.15) is 0 Å². The lowest BCUT2D eigenvalue weighted by atomic mass is 10.0. The first kappa shape index (κ1) is 10.5. The lowest BCUT2D eigenvalue weighted by molar-refractivity contribution is 0.551. The fourth-order valence-electron chi connectivity index (χ4n) is 1.74. The number of aryl methyl sites for hydroxylation is 1. The molecule has 0 fully saturated rings. The van der Waals surface area contributed by atoms with E-state index >= 15 is 0 Å². The smallest absolute Gasteiger partial charge is 0.0935 e. The zero-order chi connectivity index (χ0) is 10.7. The lowest BCUT2D eigenvalue weighted by Gasteiger charge is -2.15. The minimum absolute atomic E-state index is 0.383. The fourth-order valence-corrected chi connectivity index (χ4v) is 2.64. The summed E-state index contributed by atoms with van der Waals surface area (Å²) in [5.74, 6) is 0. The van der Waals surface area contributed by atoms with Gasteiger partial charge in [-0.1, -0.05) is 0 Å². The maximum Gasteiger partial charge on any atom is 0.0935 e. The van der Waals surface area contributed by atoms with Crippen molar-refractivity contribution in [2.24, 2.45) is 0 Å². The van der Waals surface area contributed by atoms with E-state index in [0.29, 0.717) is 6.04 Å². The van der Waals surface area contributed by atoms with Crippen molar-refractivity contribution in [2.45, 2.75) is 19.4 Å². The molecule has 0 aliphatic heterocycles. The Hall–Kier alpha value is -1.06. The van der Waals surface area contributed by atoms with Crippen LogP contribution in [0.5, 0.6) is 0 Å². The molecule has 15 heavy (non-hydrogen) atoms. The van der Waals surface area contributed by atoms with Crippen molar-refractivity contribution in [1.82, 2.24) is 5.32 Å². The van der Waals surface area contributed by atoms with Crippen LogP contribution in [-0.2, 0) is 6.42 Å². The van der Waals surface area contributed by atoms with Crippen LogP contribution in [0.2, 0.25) is 0 Å². The molecule has 1 N–H and O–H groups in total. The summed E-state index contributed by atoms with van der Waals surface area (Å²) in [6.45, 7) is 2.16. The van der Waals surface area contributed by atoms with Crippen LogP contribution in [0.4, 0.5) is 0 Å². The molecule has 1 unspecified atom stereocenters. The maximum absolute atomic E-state index is 5.08. The van der Waals surface area contributed by atoms with Crippen molar-refractivity contribution < 1.29 is 4.42 Å². The predicted molar refractivity (Wildman–Crippen MR) is 63.3 cm³/mol. The molecular weight excluding hydrogens is 206 g/mol. The highest BCUT2D eigenvalue weighted by Crippen LogP contribution is 2.24. The molecule has 0 bridgehead atoms. The second-order valence-electron chi connectivity index (χ2n) is 3.69. The van der Waals surface area contributed by atoms with Gasteiger partial charge >= 0.3 is 0 Å². The average molecular weight is 221 g/mol. The quantitative estimate of drug-likeness (QED) is 0.858. The van der Waals surface area contributed by atoms with E-state index in [1.165, 1.54) is 16.7 Å². The number of thiophene rings is 1. The van der Waals surface area contributed by atoms with Crippen LogP contribution in [0, 0.1) is 6.92 Å². The molecule has 0 aliphatic carbocycles. The van der Waals surface area contributed by atoms with Crippen LogP contribution in [0.1, 0.15) is 22.7 Å². The van der Waals surface area contributed by atoms with Gasteiger partial charge in [-0.2, -0.15) is 11.3 Å². The summed E-state index contributed by atoms with van der Waals surface area (Å²) in [6.07, 6.45) is 4.51. The zero-order valence-electron chi connectivity index (χ0n) is 8.99. The van der Waals surface area contributed by atoms with Crippen molar-refractivity contribution in [3.05, 3.63) is 46.0 Å². The van der Waals surface area contributed by atoms with Gasteiger partial charge in [0.2, 0.25) is 0 Å². The Labute approximate surface area is 93.9 Å². The minimum Gasteiger partial charge on any atom is -0.472 e. The first-order valence-corrected chi connectivity index (χ1v) is 5.96. The van der Waals surface area contributed by atoms with Crippen LogP contribution in [0.3, 0.4) is 0 Å². The Balaban J connectivity index is 2.15. The molecule has 3 heteroatoms. The highest BCUT2D eigenvalue weighted by molar-refractivity contribution is 7.08. The van der Waals surface area contributed by atoms with Crippen molar-refractivity contribution >= 4 is 11.3 Å². The molecule has 0 radical (unpaired) electrons. The highest BCUT2D eigenvalue weighted by Gasteiger charge is 2.13. The van der Waals surface area contributed by atoms with E-state index in [-0.39, 0.29) is 0 Å². The lowest BCUT2D eigenvalue weighted by Crippen LogP contribution is -2.18. The van der Waals surface area contributed by atoms with Gasteiger partial charge in [0.25, 0.3) is 0 Å². The molecule has 0 saturated heterocycles. The Morgan fingerprint density at radius 2 is 2.33 bits per heavy atom. The standard InChI is InChI=1S/C12H15NOS/c1-9-7-15-8-11(9)12(13-2)5-10-3-4-14-6-10/h3-4,6-8,12-13H,5H2,1-2H3. The van der Waals surface area contributed by atoms with Crippen LogP contribution < -0.4 is 5.32 Å². The molecule has 80 valence electrons. The third-order valence-electron chi connectivity index (χ3n) is 2.64. The molecule has 1 atom stereocenters. The Morgan fingerprint density at radius 3 is 2.87 bits per heavy atom. The van der Waals surface area contributed by atoms with Crippen LogP contribution in [0.25, 0.3) is 0 Å². The van der Waals surface area contributed by atoms with Crippen molar-refractivity contribution in [1.29, 1.82) is 0 Å². The second-order valence-corrected chi connectivity index (χ2v) is 4.43. The maximum atomic E-state index is 5.08. The van der Waals surface area contributed by atoms with Crippen LogP contribution in [-0.4, -0.2) is 7.05 Å². The van der Waals surface area contributed by atoms with E-state index in [9.17, 15) is 0 Å². The first-order valence-electron chi connectivity index (χ1n) is 5.02. The average Bonchev–Trinajstić information content (AvgIpc) is 2.85. The van der Waals surface area contributed by atoms with Crippen molar-refractivity contribution in [2.75, 3.05) is 7.05 Å². The molecule has 0 saturated carbocycles. The molecule has 0 spiro atoms. The van der Waals surface area contributed by atoms with E-state index in [2.05, 4.69) is 23.0 Å². The molecule has 2 rings (SSSR count). The normalized spacial score (nSPS) is 12.9. The number of nitrogens with one attached hydrogen (secondary N) is 1. The molecule has 0 aromatic carbocycles. The molecule has 2 nitrogen and oxygen atoms in total. The summed E-state index contributed by atoms with van der Waals surface area (Å²) in [5, 5.41) is 7.76. The first-order chi connectivity index (χ1) is 7.31. The molecule has 0 aliphatic rings. The number of rotatable bonds is 4. The van der Waals surface area contributed by atoms with E-state index in [1.807, 2.05) is 19.4 Å². The predicted octanol–water partition coefficient (Wildman–Crippen LogP) is 3.15. The van der Waals surface area contributed by atoms with Gasteiger partial charge in [-0.25, -0.2) is 0 Å². The number of likely N-dealkylation sites (N-methyl/N-ethyl adjacent to an activating group) is 1. The summed E-state index contributed by atoms with van der Waals surface area (Å²) >= 11 is 1.76. The Kier molecular flexibility index (Phi) is 3.23. The van der Waals surface area contributed by atoms with Gasteiger partial charge in [-0.15, -0.1) is 0 Å². The second kappa shape index (κ2) is 4.64. The van der Waals surface area contributed by atoms with Crippen molar-refractivity contribution in [3.8, 4) is 0 Å². The SMILES string of the molecule is CNC(Cc1ccoc1)c1cscc1C. The van der Waals surface area contributed by atoms with Gasteiger partial charge in [0, 0.05) is 6.04 Å². The summed E-state index contributed by atoms with van der Waals surface area (Å²) in [5.41, 5.74) is 3.99. The number of hydrogen-bond donors (Lipinski definition) is 1.